The Labute approximate surface area is 140 Å². The summed E-state index contributed by atoms with van der Waals surface area (Å²) in [7, 11) is 0. The summed E-state index contributed by atoms with van der Waals surface area (Å²) in [5.74, 6) is 0.209. The molecule has 3 fully saturated rings. The molecule has 0 unspecified atom stereocenters. The van der Waals surface area contributed by atoms with Crippen LogP contribution in [0.25, 0.3) is 0 Å². The van der Waals surface area contributed by atoms with Crippen LogP contribution in [0.5, 0.6) is 0 Å². The topological polar surface area (TPSA) is 82.4 Å². The molecule has 2 saturated carbocycles. The molecule has 1 heterocycles. The van der Waals surface area contributed by atoms with Gasteiger partial charge in [-0.2, -0.15) is 5.26 Å². The van der Waals surface area contributed by atoms with Crippen LogP contribution in [0.3, 0.4) is 0 Å². The van der Waals surface area contributed by atoms with Gasteiger partial charge in [0.1, 0.15) is 6.10 Å². The minimum atomic E-state index is -0.394. The fourth-order valence-electron chi connectivity index (χ4n) is 3.09. The van der Waals surface area contributed by atoms with Crippen LogP contribution in [0.15, 0.2) is 24.3 Å². The van der Waals surface area contributed by atoms with Gasteiger partial charge in [-0.25, -0.2) is 4.79 Å². The highest BCUT2D eigenvalue weighted by Crippen LogP contribution is 2.47. The van der Waals surface area contributed by atoms with E-state index >= 15 is 0 Å². The number of nitrogens with one attached hydrogen (secondary N) is 1. The molecule has 0 bridgehead atoms. The van der Waals surface area contributed by atoms with E-state index < -0.39 is 6.09 Å². The summed E-state index contributed by atoms with van der Waals surface area (Å²) in [4.78, 5) is 25.3. The molecule has 6 heteroatoms. The molecule has 24 heavy (non-hydrogen) atoms. The second kappa shape index (κ2) is 5.52. The van der Waals surface area contributed by atoms with Crippen LogP contribution in [0.1, 0.15) is 31.2 Å². The molecular formula is C18H19N3O3. The fraction of sp³-hybridized carbons (Fsp3) is 0.500. The van der Waals surface area contributed by atoms with Gasteiger partial charge in [0.25, 0.3) is 0 Å². The third-order valence-electron chi connectivity index (χ3n) is 5.02. The van der Waals surface area contributed by atoms with Gasteiger partial charge >= 0.3 is 6.09 Å². The first-order chi connectivity index (χ1) is 11.6. The molecule has 1 atom stereocenters. The molecule has 0 aromatic heterocycles. The molecule has 2 aliphatic carbocycles. The Hall–Kier alpha value is -2.55. The van der Waals surface area contributed by atoms with Crippen LogP contribution in [0.2, 0.25) is 0 Å². The number of anilines is 1. The SMILES string of the molecule is N#CC1(c2ccc(N3C[C@H](CNC(=O)C4CC4)OC3=O)cc2)CC1. The Morgan fingerprint density at radius 2 is 2.04 bits per heavy atom. The second-order valence-electron chi connectivity index (χ2n) is 6.88. The van der Waals surface area contributed by atoms with E-state index in [2.05, 4.69) is 11.4 Å². The number of benzene rings is 1. The Kier molecular flexibility index (Phi) is 3.45. The first kappa shape index (κ1) is 15.0. The van der Waals surface area contributed by atoms with Crippen molar-refractivity contribution in [1.82, 2.24) is 5.32 Å². The number of hydrogen-bond donors (Lipinski definition) is 1. The van der Waals surface area contributed by atoms with Crippen LogP contribution in [0.4, 0.5) is 10.5 Å². The van der Waals surface area contributed by atoms with Gasteiger partial charge in [0.05, 0.1) is 24.6 Å². The quantitative estimate of drug-likeness (QED) is 0.898. The van der Waals surface area contributed by atoms with Crippen LogP contribution in [0, 0.1) is 17.2 Å². The van der Waals surface area contributed by atoms with E-state index in [0.29, 0.717) is 13.1 Å². The van der Waals surface area contributed by atoms with Crippen molar-refractivity contribution in [3.8, 4) is 6.07 Å². The molecule has 1 aromatic rings. The average Bonchev–Trinajstić information content (AvgIpc) is 3.51. The van der Waals surface area contributed by atoms with Gasteiger partial charge in [-0.1, -0.05) is 12.1 Å². The maximum Gasteiger partial charge on any atom is 0.414 e. The van der Waals surface area contributed by atoms with E-state index in [1.807, 2.05) is 24.3 Å². The van der Waals surface area contributed by atoms with Crippen molar-refractivity contribution in [3.05, 3.63) is 29.8 Å². The fourth-order valence-corrected chi connectivity index (χ4v) is 3.09. The van der Waals surface area contributed by atoms with Crippen LogP contribution >= 0.6 is 0 Å². The van der Waals surface area contributed by atoms with Gasteiger partial charge in [-0.3, -0.25) is 9.69 Å². The molecule has 4 rings (SSSR count). The number of nitrogens with zero attached hydrogens (tertiary/aromatic N) is 2. The summed E-state index contributed by atoms with van der Waals surface area (Å²) in [6.45, 7) is 0.777. The highest BCUT2D eigenvalue weighted by Gasteiger charge is 2.45. The molecule has 124 valence electrons. The Bertz CT molecular complexity index is 714. The number of carbonyl (C=O) groups is 2. The zero-order chi connectivity index (χ0) is 16.7. The Morgan fingerprint density at radius 1 is 1.33 bits per heavy atom. The summed E-state index contributed by atoms with van der Waals surface area (Å²) >= 11 is 0. The maximum atomic E-state index is 12.1. The monoisotopic (exact) mass is 325 g/mol. The van der Waals surface area contributed by atoms with Crippen molar-refractivity contribution < 1.29 is 14.3 Å². The molecule has 0 spiro atoms. The molecule has 0 radical (unpaired) electrons. The zero-order valence-corrected chi connectivity index (χ0v) is 13.3. The van der Waals surface area contributed by atoms with E-state index in [4.69, 9.17) is 4.74 Å². The number of nitriles is 1. The van der Waals surface area contributed by atoms with E-state index in [1.54, 1.807) is 4.90 Å². The number of rotatable bonds is 5. The van der Waals surface area contributed by atoms with E-state index in [-0.39, 0.29) is 23.3 Å². The van der Waals surface area contributed by atoms with Crippen molar-refractivity contribution in [2.24, 2.45) is 5.92 Å². The average molecular weight is 325 g/mol. The van der Waals surface area contributed by atoms with Gasteiger partial charge in [0.15, 0.2) is 0 Å². The van der Waals surface area contributed by atoms with Gasteiger partial charge in [-0.15, -0.1) is 0 Å². The number of amides is 2. The molecule has 1 aliphatic heterocycles. The van der Waals surface area contributed by atoms with Crippen LogP contribution in [-0.2, 0) is 14.9 Å². The second-order valence-corrected chi connectivity index (χ2v) is 6.88. The van der Waals surface area contributed by atoms with Crippen molar-refractivity contribution in [2.45, 2.75) is 37.2 Å². The highest BCUT2D eigenvalue weighted by atomic mass is 16.6. The number of cyclic esters (lactones) is 1. The van der Waals surface area contributed by atoms with Crippen molar-refractivity contribution in [3.63, 3.8) is 0 Å². The van der Waals surface area contributed by atoms with E-state index in [9.17, 15) is 14.9 Å². The van der Waals surface area contributed by atoms with Crippen LogP contribution in [-0.4, -0.2) is 31.2 Å². The van der Waals surface area contributed by atoms with E-state index in [1.165, 1.54) is 0 Å². The lowest BCUT2D eigenvalue weighted by atomic mass is 9.97. The third kappa shape index (κ3) is 2.71. The maximum absolute atomic E-state index is 12.1. The Morgan fingerprint density at radius 3 is 2.62 bits per heavy atom. The first-order valence-corrected chi connectivity index (χ1v) is 8.39. The Balaban J connectivity index is 1.38. The molecular weight excluding hydrogens is 306 g/mol. The van der Waals surface area contributed by atoms with Crippen molar-refractivity contribution in [2.75, 3.05) is 18.0 Å². The van der Waals surface area contributed by atoms with Crippen molar-refractivity contribution in [1.29, 1.82) is 5.26 Å². The van der Waals surface area contributed by atoms with Crippen molar-refractivity contribution >= 4 is 17.7 Å². The lowest BCUT2D eigenvalue weighted by molar-refractivity contribution is -0.122. The predicted molar refractivity (Wildman–Crippen MR) is 86.3 cm³/mol. The third-order valence-corrected chi connectivity index (χ3v) is 5.02. The molecule has 3 aliphatic rings. The number of carbonyl (C=O) groups excluding carboxylic acids is 2. The molecule has 1 saturated heterocycles. The van der Waals surface area contributed by atoms with E-state index in [0.717, 1.165) is 36.9 Å². The first-order valence-electron chi connectivity index (χ1n) is 8.39. The van der Waals surface area contributed by atoms with Gasteiger partial charge in [0, 0.05) is 11.6 Å². The largest absolute Gasteiger partial charge is 0.442 e. The summed E-state index contributed by atoms with van der Waals surface area (Å²) in [6.07, 6.45) is 3.00. The van der Waals surface area contributed by atoms with Gasteiger partial charge in [0.2, 0.25) is 5.91 Å². The smallest absolute Gasteiger partial charge is 0.414 e. The molecule has 1 N–H and O–H groups in total. The summed E-state index contributed by atoms with van der Waals surface area (Å²) in [6, 6.07) is 9.93. The summed E-state index contributed by atoms with van der Waals surface area (Å²) in [5.41, 5.74) is 1.45. The molecule has 2 amide bonds. The number of hydrogen-bond acceptors (Lipinski definition) is 4. The normalized spacial score (nSPS) is 24.2. The highest BCUT2D eigenvalue weighted by molar-refractivity contribution is 5.90. The van der Waals surface area contributed by atoms with Gasteiger partial charge in [-0.05, 0) is 43.4 Å². The lowest BCUT2D eigenvalue weighted by Gasteiger charge is -2.14. The minimum absolute atomic E-state index is 0.0556. The van der Waals surface area contributed by atoms with Crippen LogP contribution < -0.4 is 10.2 Å². The zero-order valence-electron chi connectivity index (χ0n) is 13.3. The summed E-state index contributed by atoms with van der Waals surface area (Å²) in [5, 5.41) is 12.1. The lowest BCUT2D eigenvalue weighted by Crippen LogP contribution is -2.35. The molecule has 1 aromatic carbocycles. The number of ether oxygens (including phenoxy) is 1. The molecule has 6 nitrogen and oxygen atoms in total. The standard InChI is InChI=1S/C18H19N3O3/c19-11-18(7-8-18)13-3-5-14(6-4-13)21-10-15(24-17(21)23)9-20-16(22)12-1-2-12/h3-6,12,15H,1-2,7-10H2,(H,20,22)/t15-/m0/s1. The predicted octanol–water partition coefficient (Wildman–Crippen LogP) is 2.09. The van der Waals surface area contributed by atoms with Gasteiger partial charge < -0.3 is 10.1 Å². The summed E-state index contributed by atoms with van der Waals surface area (Å²) < 4.78 is 5.33. The minimum Gasteiger partial charge on any atom is -0.442 e.